The first-order chi connectivity index (χ1) is 5.35. The minimum atomic E-state index is -3.05. The number of nitrogens with one attached hydrogen (secondary N) is 2. The fourth-order valence-corrected chi connectivity index (χ4v) is 1.89. The Morgan fingerprint density at radius 2 is 1.75 bits per heavy atom. The molecule has 74 valence electrons. The largest absolute Gasteiger partial charge is 0.317 e. The van der Waals surface area contributed by atoms with Crippen molar-refractivity contribution < 1.29 is 8.42 Å². The van der Waals surface area contributed by atoms with Gasteiger partial charge in [-0.1, -0.05) is 0 Å². The summed E-state index contributed by atoms with van der Waals surface area (Å²) < 4.78 is 24.1. The van der Waals surface area contributed by atoms with Gasteiger partial charge < -0.3 is 5.32 Å². The third-order valence-corrected chi connectivity index (χ3v) is 2.45. The van der Waals surface area contributed by atoms with E-state index in [9.17, 15) is 8.42 Å². The van der Waals surface area contributed by atoms with Crippen LogP contribution >= 0.6 is 0 Å². The van der Waals surface area contributed by atoms with E-state index in [0.717, 1.165) is 6.42 Å². The van der Waals surface area contributed by atoms with E-state index in [2.05, 4.69) is 10.0 Å². The predicted octanol–water partition coefficient (Wildman–Crippen LogP) is -0.0779. The lowest BCUT2D eigenvalue weighted by molar-refractivity contribution is 0.483. The standard InChI is InChI=1S/C7H18N2O2S/c1-6(8-3)5-7(2)9-12(4,10)11/h6-9H,5H2,1-4H3. The highest BCUT2D eigenvalue weighted by Crippen LogP contribution is 1.97. The van der Waals surface area contributed by atoms with E-state index in [-0.39, 0.29) is 6.04 Å². The van der Waals surface area contributed by atoms with Gasteiger partial charge in [0.2, 0.25) is 10.0 Å². The molecule has 0 aromatic carbocycles. The summed E-state index contributed by atoms with van der Waals surface area (Å²) in [4.78, 5) is 0. The van der Waals surface area contributed by atoms with Gasteiger partial charge in [-0.05, 0) is 27.3 Å². The van der Waals surface area contributed by atoms with Crippen LogP contribution in [0.5, 0.6) is 0 Å². The zero-order valence-electron chi connectivity index (χ0n) is 8.09. The Balaban J connectivity index is 3.82. The maximum absolute atomic E-state index is 10.8. The summed E-state index contributed by atoms with van der Waals surface area (Å²) in [6.07, 6.45) is 1.97. The number of hydrogen-bond acceptors (Lipinski definition) is 3. The predicted molar refractivity (Wildman–Crippen MR) is 50.6 cm³/mol. The number of sulfonamides is 1. The van der Waals surface area contributed by atoms with Gasteiger partial charge in [0.15, 0.2) is 0 Å². The highest BCUT2D eigenvalue weighted by molar-refractivity contribution is 7.88. The van der Waals surface area contributed by atoms with Gasteiger partial charge in [0.1, 0.15) is 0 Å². The molecule has 0 aliphatic carbocycles. The van der Waals surface area contributed by atoms with Crippen LogP contribution in [0.15, 0.2) is 0 Å². The van der Waals surface area contributed by atoms with Crippen molar-refractivity contribution in [3.63, 3.8) is 0 Å². The van der Waals surface area contributed by atoms with E-state index >= 15 is 0 Å². The summed E-state index contributed by atoms with van der Waals surface area (Å²) >= 11 is 0. The molecule has 0 spiro atoms. The molecule has 12 heavy (non-hydrogen) atoms. The summed E-state index contributed by atoms with van der Waals surface area (Å²) in [7, 11) is -1.20. The fourth-order valence-electron chi connectivity index (χ4n) is 1.06. The summed E-state index contributed by atoms with van der Waals surface area (Å²) in [6.45, 7) is 3.87. The van der Waals surface area contributed by atoms with Crippen LogP contribution in [0.25, 0.3) is 0 Å². The van der Waals surface area contributed by atoms with Crippen molar-refractivity contribution in [3.8, 4) is 0 Å². The molecular formula is C7H18N2O2S. The normalized spacial score (nSPS) is 17.3. The molecule has 0 radical (unpaired) electrons. The lowest BCUT2D eigenvalue weighted by Gasteiger charge is -2.16. The van der Waals surface area contributed by atoms with Gasteiger partial charge in [-0.15, -0.1) is 0 Å². The van der Waals surface area contributed by atoms with Crippen LogP contribution in [0.1, 0.15) is 20.3 Å². The van der Waals surface area contributed by atoms with E-state index in [1.165, 1.54) is 6.26 Å². The number of hydrogen-bond donors (Lipinski definition) is 2. The summed E-state index contributed by atoms with van der Waals surface area (Å²) in [5.41, 5.74) is 0. The van der Waals surface area contributed by atoms with Crippen molar-refractivity contribution in [3.05, 3.63) is 0 Å². The third-order valence-electron chi connectivity index (χ3n) is 1.62. The first-order valence-corrected chi connectivity index (χ1v) is 5.89. The maximum atomic E-state index is 10.8. The molecule has 0 bridgehead atoms. The van der Waals surface area contributed by atoms with Crippen LogP contribution in [0.2, 0.25) is 0 Å². The molecule has 4 nitrogen and oxygen atoms in total. The van der Waals surface area contributed by atoms with Crippen molar-refractivity contribution in [2.24, 2.45) is 0 Å². The zero-order chi connectivity index (χ0) is 9.78. The quantitative estimate of drug-likeness (QED) is 0.643. The summed E-state index contributed by atoms with van der Waals surface area (Å²) in [6, 6.07) is 0.316. The molecule has 2 atom stereocenters. The van der Waals surface area contributed by atoms with Crippen LogP contribution in [0.4, 0.5) is 0 Å². The zero-order valence-corrected chi connectivity index (χ0v) is 8.90. The van der Waals surface area contributed by atoms with Crippen molar-refractivity contribution in [2.75, 3.05) is 13.3 Å². The SMILES string of the molecule is CNC(C)CC(C)NS(C)(=O)=O. The van der Waals surface area contributed by atoms with E-state index in [4.69, 9.17) is 0 Å². The smallest absolute Gasteiger partial charge is 0.208 e. The average molecular weight is 194 g/mol. The molecule has 0 rings (SSSR count). The first-order valence-electron chi connectivity index (χ1n) is 3.99. The Hall–Kier alpha value is -0.130. The van der Waals surface area contributed by atoms with Gasteiger partial charge in [0.25, 0.3) is 0 Å². The molecule has 0 amide bonds. The molecule has 0 fully saturated rings. The lowest BCUT2D eigenvalue weighted by atomic mass is 10.1. The van der Waals surface area contributed by atoms with E-state index < -0.39 is 10.0 Å². The monoisotopic (exact) mass is 194 g/mol. The van der Waals surface area contributed by atoms with Gasteiger partial charge in [0, 0.05) is 12.1 Å². The van der Waals surface area contributed by atoms with E-state index in [1.54, 1.807) is 0 Å². The molecule has 0 aromatic heterocycles. The first kappa shape index (κ1) is 11.9. The van der Waals surface area contributed by atoms with Gasteiger partial charge in [-0.3, -0.25) is 0 Å². The second kappa shape index (κ2) is 4.79. The average Bonchev–Trinajstić information content (AvgIpc) is 1.82. The lowest BCUT2D eigenvalue weighted by Crippen LogP contribution is -2.36. The van der Waals surface area contributed by atoms with Crippen molar-refractivity contribution in [2.45, 2.75) is 32.4 Å². The molecular weight excluding hydrogens is 176 g/mol. The van der Waals surface area contributed by atoms with Crippen LogP contribution in [0.3, 0.4) is 0 Å². The second-order valence-electron chi connectivity index (χ2n) is 3.22. The Bertz CT molecular complexity index is 213. The summed E-state index contributed by atoms with van der Waals surface area (Å²) in [5.74, 6) is 0. The van der Waals surface area contributed by atoms with Gasteiger partial charge in [-0.2, -0.15) is 0 Å². The van der Waals surface area contributed by atoms with Crippen molar-refractivity contribution >= 4 is 10.0 Å². The molecule has 0 aromatic rings. The topological polar surface area (TPSA) is 58.2 Å². The van der Waals surface area contributed by atoms with Crippen LogP contribution in [-0.4, -0.2) is 33.8 Å². The van der Waals surface area contributed by atoms with Gasteiger partial charge >= 0.3 is 0 Å². The maximum Gasteiger partial charge on any atom is 0.208 e. The Morgan fingerprint density at radius 3 is 2.08 bits per heavy atom. The molecule has 2 N–H and O–H groups in total. The highest BCUT2D eigenvalue weighted by Gasteiger charge is 2.10. The minimum absolute atomic E-state index is 0.0116. The summed E-state index contributed by atoms with van der Waals surface area (Å²) in [5, 5.41) is 3.05. The molecule has 0 aliphatic heterocycles. The van der Waals surface area contributed by atoms with Crippen molar-refractivity contribution in [1.29, 1.82) is 0 Å². The Kier molecular flexibility index (Phi) is 4.74. The van der Waals surface area contributed by atoms with Gasteiger partial charge in [-0.25, -0.2) is 13.1 Å². The fraction of sp³-hybridized carbons (Fsp3) is 1.00. The van der Waals surface area contributed by atoms with E-state index in [1.807, 2.05) is 20.9 Å². The van der Waals surface area contributed by atoms with Crippen LogP contribution in [0, 0.1) is 0 Å². The molecule has 0 heterocycles. The molecule has 5 heteroatoms. The van der Waals surface area contributed by atoms with Crippen LogP contribution in [-0.2, 0) is 10.0 Å². The van der Waals surface area contributed by atoms with E-state index in [0.29, 0.717) is 6.04 Å². The van der Waals surface area contributed by atoms with Crippen LogP contribution < -0.4 is 10.0 Å². The molecule has 0 aliphatic rings. The Morgan fingerprint density at radius 1 is 1.25 bits per heavy atom. The van der Waals surface area contributed by atoms with Crippen molar-refractivity contribution in [1.82, 2.24) is 10.0 Å². The third kappa shape index (κ3) is 6.57. The highest BCUT2D eigenvalue weighted by atomic mass is 32.2. The molecule has 0 saturated carbocycles. The molecule has 0 saturated heterocycles. The van der Waals surface area contributed by atoms with Gasteiger partial charge in [0.05, 0.1) is 6.26 Å². The molecule has 2 unspecified atom stereocenters. The number of rotatable bonds is 5. The minimum Gasteiger partial charge on any atom is -0.317 e. The second-order valence-corrected chi connectivity index (χ2v) is 5.00. The Labute approximate surface area is 74.8 Å².